The molecule has 0 spiro atoms. The highest BCUT2D eigenvalue weighted by Gasteiger charge is 2.25. The monoisotopic (exact) mass is 207 g/mol. The van der Waals surface area contributed by atoms with Gasteiger partial charge in [0.15, 0.2) is 0 Å². The zero-order valence-corrected chi connectivity index (χ0v) is 8.60. The second-order valence-corrected chi connectivity index (χ2v) is 8.49. The van der Waals surface area contributed by atoms with Gasteiger partial charge in [0.05, 0.1) is 0 Å². The molecule has 1 aliphatic heterocycles. The van der Waals surface area contributed by atoms with Gasteiger partial charge in [0, 0.05) is 36.5 Å². The summed E-state index contributed by atoms with van der Waals surface area (Å²) in [7, 11) is 0.826. The van der Waals surface area contributed by atoms with Crippen molar-refractivity contribution in [3.8, 4) is 12.3 Å². The molecular weight excluding hydrogens is 198 g/mol. The van der Waals surface area contributed by atoms with E-state index in [-0.39, 0.29) is 5.92 Å². The van der Waals surface area contributed by atoms with E-state index < -0.39 is 7.71 Å². The third kappa shape index (κ3) is 2.09. The summed E-state index contributed by atoms with van der Waals surface area (Å²) in [4.78, 5) is 0. The normalized spacial score (nSPS) is 39.8. The van der Waals surface area contributed by atoms with E-state index >= 15 is 0 Å². The van der Waals surface area contributed by atoms with Crippen molar-refractivity contribution in [3.63, 3.8) is 0 Å². The lowest BCUT2D eigenvalue weighted by Gasteiger charge is -2.27. The number of terminal acetylenes is 1. The Hall–Kier alpha value is 0.240. The van der Waals surface area contributed by atoms with Crippen LogP contribution < -0.4 is 0 Å². The van der Waals surface area contributed by atoms with Gasteiger partial charge < -0.3 is 0 Å². The van der Waals surface area contributed by atoms with Gasteiger partial charge in [0.25, 0.3) is 0 Å². The number of hydrogen-bond donors (Lipinski definition) is 0. The first-order valence-corrected chi connectivity index (χ1v) is 7.07. The third-order valence-electron chi connectivity index (χ3n) is 1.51. The molecule has 0 saturated carbocycles. The van der Waals surface area contributed by atoms with Crippen molar-refractivity contribution < 1.29 is 4.21 Å². The third-order valence-corrected chi connectivity index (χ3v) is 6.96. The van der Waals surface area contributed by atoms with Crippen LogP contribution in [0.3, 0.4) is 0 Å². The van der Waals surface area contributed by atoms with Crippen LogP contribution in [0.5, 0.6) is 0 Å². The van der Waals surface area contributed by atoms with Crippen molar-refractivity contribution in [2.75, 3.05) is 19.3 Å². The molecular formula is C6H9NOS3. The maximum Gasteiger partial charge on any atom is 0.145 e. The van der Waals surface area contributed by atoms with Crippen LogP contribution in [0.25, 0.3) is 0 Å². The Morgan fingerprint density at radius 3 is 3.00 bits per heavy atom. The summed E-state index contributed by atoms with van der Waals surface area (Å²) in [6.45, 7) is 0.659. The average molecular weight is 207 g/mol. The van der Waals surface area contributed by atoms with Crippen molar-refractivity contribution in [3.05, 3.63) is 0 Å². The van der Waals surface area contributed by atoms with Gasteiger partial charge in [0.1, 0.15) is 7.71 Å². The van der Waals surface area contributed by atoms with E-state index in [4.69, 9.17) is 17.6 Å². The predicted molar refractivity (Wildman–Crippen MR) is 52.9 cm³/mol. The van der Waals surface area contributed by atoms with Gasteiger partial charge in [-0.05, 0) is 10.8 Å². The molecule has 1 heterocycles. The summed E-state index contributed by atoms with van der Waals surface area (Å²) in [5.74, 6) is 3.56. The molecule has 0 bridgehead atoms. The minimum absolute atomic E-state index is 0.197. The maximum atomic E-state index is 11.4. The van der Waals surface area contributed by atoms with E-state index in [1.54, 1.807) is 11.4 Å². The smallest absolute Gasteiger partial charge is 0.145 e. The van der Waals surface area contributed by atoms with Crippen molar-refractivity contribution in [1.29, 1.82) is 0 Å². The molecule has 2 atom stereocenters. The van der Waals surface area contributed by atoms with Gasteiger partial charge in [-0.15, -0.1) is 12.3 Å². The number of hydrogen-bond acceptors (Lipinski definition) is 3. The lowest BCUT2D eigenvalue weighted by molar-refractivity contribution is 0.481. The highest BCUT2D eigenvalue weighted by molar-refractivity contribution is 8.84. The Morgan fingerprint density at radius 2 is 2.55 bits per heavy atom. The molecule has 2 unspecified atom stereocenters. The van der Waals surface area contributed by atoms with Gasteiger partial charge >= 0.3 is 0 Å². The largest absolute Gasteiger partial charge is 0.230 e. The Labute approximate surface area is 75.9 Å². The highest BCUT2D eigenvalue weighted by Crippen LogP contribution is 2.26. The molecule has 0 amide bonds. The first kappa shape index (κ1) is 9.33. The molecule has 0 radical (unpaired) electrons. The Morgan fingerprint density at radius 1 is 1.91 bits per heavy atom. The Kier molecular flexibility index (Phi) is 2.81. The average Bonchev–Trinajstić information content (AvgIpc) is 1.95. The topological polar surface area (TPSA) is 20.3 Å². The van der Waals surface area contributed by atoms with Crippen molar-refractivity contribution in [2.24, 2.45) is 5.92 Å². The fourth-order valence-electron chi connectivity index (χ4n) is 0.813. The van der Waals surface area contributed by atoms with Crippen LogP contribution in [0.15, 0.2) is 0 Å². The number of rotatable bonds is 0. The molecule has 0 aromatic carbocycles. The van der Waals surface area contributed by atoms with Crippen LogP contribution in [0.2, 0.25) is 0 Å². The second-order valence-electron chi connectivity index (χ2n) is 2.39. The molecule has 0 aromatic heterocycles. The number of nitrogens with zero attached hydrogens (tertiary/aromatic N) is 1. The molecule has 2 nitrogen and oxygen atoms in total. The molecule has 62 valence electrons. The summed E-state index contributed by atoms with van der Waals surface area (Å²) < 4.78 is 13.1. The van der Waals surface area contributed by atoms with Crippen molar-refractivity contribution in [2.45, 2.75) is 0 Å². The van der Waals surface area contributed by atoms with E-state index in [2.05, 4.69) is 5.92 Å². The van der Waals surface area contributed by atoms with E-state index in [0.29, 0.717) is 6.54 Å². The first-order chi connectivity index (χ1) is 5.06. The summed E-state index contributed by atoms with van der Waals surface area (Å²) in [5, 5.41) is 0. The molecule has 5 heteroatoms. The van der Waals surface area contributed by atoms with E-state index in [1.807, 2.05) is 0 Å². The molecule has 11 heavy (non-hydrogen) atoms. The fourth-order valence-corrected chi connectivity index (χ4v) is 4.31. The van der Waals surface area contributed by atoms with E-state index in [9.17, 15) is 4.21 Å². The van der Waals surface area contributed by atoms with Crippen LogP contribution >= 0.6 is 10.8 Å². The van der Waals surface area contributed by atoms with Gasteiger partial charge in [-0.1, -0.05) is 0 Å². The van der Waals surface area contributed by atoms with E-state index in [0.717, 1.165) is 5.75 Å². The van der Waals surface area contributed by atoms with Crippen LogP contribution in [0.1, 0.15) is 0 Å². The van der Waals surface area contributed by atoms with Gasteiger partial charge in [-0.3, -0.25) is 0 Å². The molecule has 1 aliphatic rings. The molecule has 1 saturated heterocycles. The maximum absolute atomic E-state index is 11.4. The summed E-state index contributed by atoms with van der Waals surface area (Å²) in [5.41, 5.74) is 0. The molecule has 0 aliphatic carbocycles. The summed E-state index contributed by atoms with van der Waals surface area (Å²) in [6.07, 6.45) is 5.24. The second kappa shape index (κ2) is 3.31. The van der Waals surface area contributed by atoms with Crippen molar-refractivity contribution in [1.82, 2.24) is 4.31 Å². The van der Waals surface area contributed by atoms with Crippen LogP contribution in [0, 0.1) is 18.3 Å². The summed E-state index contributed by atoms with van der Waals surface area (Å²) >= 11 is 4.87. The van der Waals surface area contributed by atoms with Crippen LogP contribution in [-0.2, 0) is 18.9 Å². The van der Waals surface area contributed by atoms with Crippen molar-refractivity contribution >= 4 is 29.7 Å². The lowest BCUT2D eigenvalue weighted by atomic mass is 10.2. The zero-order chi connectivity index (χ0) is 8.48. The zero-order valence-electron chi connectivity index (χ0n) is 6.15. The SMILES string of the molecule is C#CC1CSS(=O)(=S)N(C)C1. The fraction of sp³-hybridized carbons (Fsp3) is 0.667. The lowest BCUT2D eigenvalue weighted by Crippen LogP contribution is -2.34. The van der Waals surface area contributed by atoms with Gasteiger partial charge in [0.2, 0.25) is 0 Å². The predicted octanol–water partition coefficient (Wildman–Crippen LogP) is 0.491. The quantitative estimate of drug-likeness (QED) is 0.426. The van der Waals surface area contributed by atoms with Gasteiger partial charge in [-0.25, -0.2) is 8.51 Å². The van der Waals surface area contributed by atoms with Crippen LogP contribution in [0.4, 0.5) is 0 Å². The highest BCUT2D eigenvalue weighted by atomic mass is 33.3. The van der Waals surface area contributed by atoms with Gasteiger partial charge in [-0.2, -0.15) is 0 Å². The molecule has 0 aromatic rings. The Balaban J connectivity index is 2.72. The minimum atomic E-state index is -2.22. The standard InChI is InChI=1S/C6H9NOS3/c1-3-6-4-7(2)11(8,9)10-5-6/h1,6H,4-5H2,2H3. The summed E-state index contributed by atoms with van der Waals surface area (Å²) in [6, 6.07) is 0. The van der Waals surface area contributed by atoms with Crippen LogP contribution in [-0.4, -0.2) is 27.9 Å². The molecule has 0 N–H and O–H groups in total. The Bertz CT molecular complexity index is 277. The van der Waals surface area contributed by atoms with E-state index in [1.165, 1.54) is 10.8 Å². The minimum Gasteiger partial charge on any atom is -0.230 e. The molecule has 1 rings (SSSR count). The molecule has 1 fully saturated rings. The first-order valence-electron chi connectivity index (χ1n) is 3.13.